The minimum absolute atomic E-state index is 0.00632. The fraction of sp³-hybridized carbons (Fsp3) is 0.643. The largest absolute Gasteiger partial charge is 0.438 e. The van der Waals surface area contributed by atoms with Gasteiger partial charge in [-0.25, -0.2) is 12.7 Å². The Hall–Kier alpha value is -1.34. The molecule has 0 aliphatic rings. The monoisotopic (exact) mass is 316 g/mol. The molecule has 0 radical (unpaired) electrons. The zero-order valence-corrected chi connectivity index (χ0v) is 14.0. The van der Waals surface area contributed by atoms with Crippen molar-refractivity contribution < 1.29 is 17.6 Å². The van der Waals surface area contributed by atoms with Gasteiger partial charge in [-0.3, -0.25) is 4.79 Å². The molecule has 0 spiro atoms. The summed E-state index contributed by atoms with van der Waals surface area (Å²) in [4.78, 5) is 12.0. The molecule has 1 atom stereocenters. The molecule has 1 heterocycles. The van der Waals surface area contributed by atoms with Crippen LogP contribution in [0.15, 0.2) is 21.6 Å². The highest BCUT2D eigenvalue weighted by atomic mass is 32.2. The molecule has 120 valence electrons. The summed E-state index contributed by atoms with van der Waals surface area (Å²) in [6.45, 7) is 6.17. The number of furan rings is 1. The number of hydrogen-bond acceptors (Lipinski definition) is 4. The van der Waals surface area contributed by atoms with Crippen LogP contribution in [-0.2, 0) is 10.0 Å². The molecule has 0 aliphatic carbocycles. The van der Waals surface area contributed by atoms with Crippen LogP contribution in [0.2, 0.25) is 0 Å². The maximum Gasteiger partial charge on any atom is 0.287 e. The third-order valence-electron chi connectivity index (χ3n) is 3.09. The zero-order chi connectivity index (χ0) is 16.2. The predicted molar refractivity (Wildman–Crippen MR) is 80.6 cm³/mol. The molecule has 1 aromatic heterocycles. The second-order valence-electron chi connectivity index (χ2n) is 5.75. The highest BCUT2D eigenvalue weighted by Crippen LogP contribution is 2.17. The molecule has 1 rings (SSSR count). The Morgan fingerprint density at radius 3 is 2.38 bits per heavy atom. The Balaban J connectivity index is 2.71. The average Bonchev–Trinajstić information content (AvgIpc) is 2.86. The number of nitrogens with zero attached hydrogens (tertiary/aromatic N) is 1. The zero-order valence-electron chi connectivity index (χ0n) is 13.2. The quantitative estimate of drug-likeness (QED) is 0.835. The van der Waals surface area contributed by atoms with Crippen molar-refractivity contribution in [3.63, 3.8) is 0 Å². The summed E-state index contributed by atoms with van der Waals surface area (Å²) in [5, 5.41) is 2.58. The summed E-state index contributed by atoms with van der Waals surface area (Å²) < 4.78 is 29.9. The Kier molecular flexibility index (Phi) is 5.98. The van der Waals surface area contributed by atoms with Gasteiger partial charge < -0.3 is 9.73 Å². The summed E-state index contributed by atoms with van der Waals surface area (Å²) >= 11 is 0. The number of hydrogen-bond donors (Lipinski definition) is 1. The Bertz CT molecular complexity index is 576. The van der Waals surface area contributed by atoms with E-state index in [0.717, 1.165) is 17.1 Å². The maximum absolute atomic E-state index is 12.0. The van der Waals surface area contributed by atoms with Crippen molar-refractivity contribution in [1.29, 1.82) is 0 Å². The predicted octanol–water partition coefficient (Wildman–Crippen LogP) is 2.08. The van der Waals surface area contributed by atoms with Crippen LogP contribution in [-0.4, -0.2) is 38.8 Å². The lowest BCUT2D eigenvalue weighted by molar-refractivity contribution is 0.0903. The molecule has 21 heavy (non-hydrogen) atoms. The lowest BCUT2D eigenvalue weighted by Gasteiger charge is -2.14. The summed E-state index contributed by atoms with van der Waals surface area (Å²) in [7, 11) is -0.836. The van der Waals surface area contributed by atoms with Crippen molar-refractivity contribution in [2.45, 2.75) is 44.7 Å². The van der Waals surface area contributed by atoms with Crippen molar-refractivity contribution in [2.75, 3.05) is 14.1 Å². The Labute approximate surface area is 126 Å². The van der Waals surface area contributed by atoms with E-state index < -0.39 is 15.9 Å². The second kappa shape index (κ2) is 7.09. The molecular formula is C14H24N2O4S. The van der Waals surface area contributed by atoms with Gasteiger partial charge in [0.25, 0.3) is 15.9 Å². The molecule has 1 amide bonds. The van der Waals surface area contributed by atoms with E-state index in [9.17, 15) is 13.2 Å². The molecule has 0 aromatic carbocycles. The SMILES string of the molecule is CC(C)CC[C@H](C)NC(=O)c1ccc(S(=O)(=O)N(C)C)o1. The van der Waals surface area contributed by atoms with Crippen LogP contribution in [0, 0.1) is 5.92 Å². The first-order valence-electron chi connectivity index (χ1n) is 6.97. The molecule has 0 aliphatic heterocycles. The normalized spacial score (nSPS) is 13.7. The summed E-state index contributed by atoms with van der Waals surface area (Å²) in [6.07, 6.45) is 1.88. The lowest BCUT2D eigenvalue weighted by atomic mass is 10.0. The van der Waals surface area contributed by atoms with Crippen LogP contribution in [0.25, 0.3) is 0 Å². The van der Waals surface area contributed by atoms with E-state index in [-0.39, 0.29) is 16.9 Å². The molecule has 1 N–H and O–H groups in total. The van der Waals surface area contributed by atoms with E-state index in [4.69, 9.17) is 4.42 Å². The Morgan fingerprint density at radius 1 is 1.24 bits per heavy atom. The first-order chi connectivity index (χ1) is 9.64. The van der Waals surface area contributed by atoms with E-state index in [0.29, 0.717) is 5.92 Å². The highest BCUT2D eigenvalue weighted by Gasteiger charge is 2.23. The number of carbonyl (C=O) groups excluding carboxylic acids is 1. The fourth-order valence-corrected chi connectivity index (χ4v) is 2.51. The Morgan fingerprint density at radius 2 is 1.86 bits per heavy atom. The smallest absolute Gasteiger partial charge is 0.287 e. The van der Waals surface area contributed by atoms with Gasteiger partial charge in [0.1, 0.15) is 0 Å². The number of carbonyl (C=O) groups is 1. The van der Waals surface area contributed by atoms with E-state index in [1.165, 1.54) is 26.2 Å². The molecule has 7 heteroatoms. The fourth-order valence-electron chi connectivity index (χ4n) is 1.71. The van der Waals surface area contributed by atoms with Gasteiger partial charge in [-0.2, -0.15) is 0 Å². The van der Waals surface area contributed by atoms with Gasteiger partial charge in [-0.05, 0) is 37.8 Å². The molecule has 6 nitrogen and oxygen atoms in total. The van der Waals surface area contributed by atoms with Crippen LogP contribution < -0.4 is 5.32 Å². The van der Waals surface area contributed by atoms with E-state index in [1.54, 1.807) is 0 Å². The lowest BCUT2D eigenvalue weighted by Crippen LogP contribution is -2.32. The molecular weight excluding hydrogens is 292 g/mol. The standard InChI is InChI=1S/C14H24N2O4S/c1-10(2)6-7-11(3)15-14(17)12-8-9-13(20-12)21(18,19)16(4)5/h8-11H,6-7H2,1-5H3,(H,15,17)/t11-/m0/s1. The van der Waals surface area contributed by atoms with Crippen LogP contribution in [0.1, 0.15) is 44.2 Å². The van der Waals surface area contributed by atoms with Crippen molar-refractivity contribution in [3.8, 4) is 0 Å². The van der Waals surface area contributed by atoms with Gasteiger partial charge >= 0.3 is 0 Å². The summed E-state index contributed by atoms with van der Waals surface area (Å²) in [5.74, 6) is 0.183. The van der Waals surface area contributed by atoms with Crippen molar-refractivity contribution in [3.05, 3.63) is 17.9 Å². The highest BCUT2D eigenvalue weighted by molar-refractivity contribution is 7.88. The van der Waals surface area contributed by atoms with Gasteiger partial charge in [-0.1, -0.05) is 13.8 Å². The third-order valence-corrected chi connectivity index (χ3v) is 4.78. The molecule has 0 bridgehead atoms. The average molecular weight is 316 g/mol. The summed E-state index contributed by atoms with van der Waals surface area (Å²) in [5.41, 5.74) is 0. The third kappa shape index (κ3) is 4.86. The van der Waals surface area contributed by atoms with Crippen molar-refractivity contribution in [2.24, 2.45) is 5.92 Å². The van der Waals surface area contributed by atoms with Gasteiger partial charge in [0, 0.05) is 20.1 Å². The first-order valence-corrected chi connectivity index (χ1v) is 8.41. The maximum atomic E-state index is 12.0. The van der Waals surface area contributed by atoms with Crippen LogP contribution in [0.5, 0.6) is 0 Å². The second-order valence-corrected chi connectivity index (χ2v) is 7.83. The molecule has 1 aromatic rings. The number of amides is 1. The van der Waals surface area contributed by atoms with Crippen molar-refractivity contribution in [1.82, 2.24) is 9.62 Å². The van der Waals surface area contributed by atoms with Crippen molar-refractivity contribution >= 4 is 15.9 Å². The van der Waals surface area contributed by atoms with Crippen LogP contribution in [0.3, 0.4) is 0 Å². The van der Waals surface area contributed by atoms with Gasteiger partial charge in [0.15, 0.2) is 5.76 Å². The van der Waals surface area contributed by atoms with E-state index in [1.807, 2.05) is 6.92 Å². The van der Waals surface area contributed by atoms with Gasteiger partial charge in [0.2, 0.25) is 5.09 Å². The number of nitrogens with one attached hydrogen (secondary N) is 1. The van der Waals surface area contributed by atoms with E-state index in [2.05, 4.69) is 19.2 Å². The molecule has 0 fully saturated rings. The number of rotatable bonds is 7. The van der Waals surface area contributed by atoms with Crippen LogP contribution >= 0.6 is 0 Å². The first kappa shape index (κ1) is 17.7. The number of sulfonamides is 1. The van der Waals surface area contributed by atoms with E-state index >= 15 is 0 Å². The molecule has 0 saturated carbocycles. The molecule has 0 saturated heterocycles. The minimum atomic E-state index is -3.65. The van der Waals surface area contributed by atoms with Crippen LogP contribution in [0.4, 0.5) is 0 Å². The van der Waals surface area contributed by atoms with Gasteiger partial charge in [0.05, 0.1) is 0 Å². The van der Waals surface area contributed by atoms with Gasteiger partial charge in [-0.15, -0.1) is 0 Å². The summed E-state index contributed by atoms with van der Waals surface area (Å²) in [6, 6.07) is 2.68. The topological polar surface area (TPSA) is 79.6 Å². The molecule has 0 unspecified atom stereocenters. The minimum Gasteiger partial charge on any atom is -0.438 e.